The highest BCUT2D eigenvalue weighted by Crippen LogP contribution is 2.35. The van der Waals surface area contributed by atoms with Crippen molar-refractivity contribution in [3.63, 3.8) is 0 Å². The average Bonchev–Trinajstić information content (AvgIpc) is 3.31. The maximum absolute atomic E-state index is 13.2. The third-order valence-electron chi connectivity index (χ3n) is 5.76. The molecule has 0 saturated carbocycles. The van der Waals surface area contributed by atoms with E-state index < -0.39 is 10.0 Å². The van der Waals surface area contributed by atoms with Crippen molar-refractivity contribution in [1.29, 1.82) is 0 Å². The summed E-state index contributed by atoms with van der Waals surface area (Å²) in [5.74, 6) is 0.701. The molecule has 9 heteroatoms. The van der Waals surface area contributed by atoms with Crippen LogP contribution < -0.4 is 14.4 Å². The number of fused-ring (bicyclic) bond motifs is 1. The molecule has 182 valence electrons. The average molecular weight is 539 g/mol. The number of ether oxygens (including phenoxy) is 1. The summed E-state index contributed by atoms with van der Waals surface area (Å²) in [5.41, 5.74) is 2.14. The topological polar surface area (TPSA) is 75.7 Å². The first-order valence-electron chi connectivity index (χ1n) is 11.1. The second kappa shape index (κ2) is 9.85. The zero-order chi connectivity index (χ0) is 25.3. The Morgan fingerprint density at radius 2 is 1.58 bits per heavy atom. The van der Waals surface area contributed by atoms with Crippen molar-refractivity contribution >= 4 is 50.5 Å². The number of carbonyl (C=O) groups is 1. The van der Waals surface area contributed by atoms with Gasteiger partial charge in [0.25, 0.3) is 15.9 Å². The van der Waals surface area contributed by atoms with Crippen LogP contribution in [0.1, 0.15) is 15.9 Å². The lowest BCUT2D eigenvalue weighted by atomic mass is 10.1. The van der Waals surface area contributed by atoms with Gasteiger partial charge in [0.05, 0.1) is 16.3 Å². The second-order valence-corrected chi connectivity index (χ2v) is 10.9. The summed E-state index contributed by atoms with van der Waals surface area (Å²) in [7, 11) is -3.75. The molecule has 0 saturated heterocycles. The SMILES string of the molecule is O=C(Nc1cc(Cl)ccc1Oc1ccccc1)c1ccc2c(c1)CCN2S(=O)(=O)c1ccc(Cl)cc1. The number of benzene rings is 4. The largest absolute Gasteiger partial charge is 0.455 e. The predicted molar refractivity (Wildman–Crippen MR) is 142 cm³/mol. The van der Waals surface area contributed by atoms with Crippen molar-refractivity contribution in [3.05, 3.63) is 112 Å². The van der Waals surface area contributed by atoms with Crippen LogP contribution in [0.2, 0.25) is 10.0 Å². The lowest BCUT2D eigenvalue weighted by molar-refractivity contribution is 0.102. The molecule has 0 aliphatic carbocycles. The minimum atomic E-state index is -3.75. The van der Waals surface area contributed by atoms with Crippen molar-refractivity contribution < 1.29 is 17.9 Å². The number of halogens is 2. The Morgan fingerprint density at radius 1 is 0.861 bits per heavy atom. The van der Waals surface area contributed by atoms with Gasteiger partial charge in [-0.15, -0.1) is 0 Å². The molecular formula is C27H20Cl2N2O4S. The van der Waals surface area contributed by atoms with Crippen LogP contribution in [0.5, 0.6) is 11.5 Å². The van der Waals surface area contributed by atoms with Crippen molar-refractivity contribution in [2.24, 2.45) is 0 Å². The minimum absolute atomic E-state index is 0.161. The molecule has 5 rings (SSSR count). The fraction of sp³-hybridized carbons (Fsp3) is 0.0741. The summed E-state index contributed by atoms with van der Waals surface area (Å²) in [6, 6.07) is 25.2. The summed E-state index contributed by atoms with van der Waals surface area (Å²) in [4.78, 5) is 13.3. The number of rotatable bonds is 6. The molecule has 0 aromatic heterocycles. The molecule has 0 spiro atoms. The molecule has 1 heterocycles. The van der Waals surface area contributed by atoms with E-state index in [9.17, 15) is 13.2 Å². The van der Waals surface area contributed by atoms with Gasteiger partial charge in [0.2, 0.25) is 0 Å². The van der Waals surface area contributed by atoms with E-state index >= 15 is 0 Å². The van der Waals surface area contributed by atoms with Gasteiger partial charge < -0.3 is 10.1 Å². The zero-order valence-corrected chi connectivity index (χ0v) is 21.1. The molecule has 1 aliphatic heterocycles. The third kappa shape index (κ3) is 4.91. The molecule has 4 aromatic rings. The first kappa shape index (κ1) is 24.2. The van der Waals surface area contributed by atoms with Gasteiger partial charge in [-0.25, -0.2) is 8.42 Å². The van der Waals surface area contributed by atoms with Gasteiger partial charge in [-0.1, -0.05) is 41.4 Å². The van der Waals surface area contributed by atoms with E-state index in [1.807, 2.05) is 30.3 Å². The quantitative estimate of drug-likeness (QED) is 0.293. The summed E-state index contributed by atoms with van der Waals surface area (Å²) in [6.07, 6.45) is 0.489. The Balaban J connectivity index is 1.38. The van der Waals surface area contributed by atoms with Gasteiger partial charge >= 0.3 is 0 Å². The highest BCUT2D eigenvalue weighted by atomic mass is 35.5. The lowest BCUT2D eigenvalue weighted by Gasteiger charge is -2.20. The summed E-state index contributed by atoms with van der Waals surface area (Å²) in [5, 5.41) is 3.77. The highest BCUT2D eigenvalue weighted by molar-refractivity contribution is 7.92. The smallest absolute Gasteiger partial charge is 0.264 e. The fourth-order valence-corrected chi connectivity index (χ4v) is 5.80. The van der Waals surface area contributed by atoms with E-state index in [0.29, 0.717) is 44.9 Å². The number of sulfonamides is 1. The van der Waals surface area contributed by atoms with E-state index in [-0.39, 0.29) is 17.3 Å². The van der Waals surface area contributed by atoms with Crippen LogP contribution in [0.25, 0.3) is 0 Å². The van der Waals surface area contributed by atoms with E-state index in [2.05, 4.69) is 5.32 Å². The number of carbonyl (C=O) groups excluding carboxylic acids is 1. The minimum Gasteiger partial charge on any atom is -0.455 e. The van der Waals surface area contributed by atoms with E-state index in [0.717, 1.165) is 5.56 Å². The predicted octanol–water partition coefficient (Wildman–Crippen LogP) is 6.79. The lowest BCUT2D eigenvalue weighted by Crippen LogP contribution is -2.29. The summed E-state index contributed by atoms with van der Waals surface area (Å²) in [6.45, 7) is 0.286. The van der Waals surface area contributed by atoms with Crippen LogP contribution in [-0.4, -0.2) is 20.9 Å². The van der Waals surface area contributed by atoms with Gasteiger partial charge in [-0.2, -0.15) is 0 Å². The van der Waals surface area contributed by atoms with Gasteiger partial charge in [0.1, 0.15) is 5.75 Å². The second-order valence-electron chi connectivity index (χ2n) is 8.13. The fourth-order valence-electron chi connectivity index (χ4n) is 4.00. The molecule has 1 N–H and O–H groups in total. The zero-order valence-electron chi connectivity index (χ0n) is 18.8. The summed E-state index contributed by atoms with van der Waals surface area (Å²) >= 11 is 12.1. The Bertz CT molecular complexity index is 1540. The third-order valence-corrected chi connectivity index (χ3v) is 8.07. The molecule has 6 nitrogen and oxygen atoms in total. The van der Waals surface area contributed by atoms with E-state index in [1.54, 1.807) is 48.5 Å². The van der Waals surface area contributed by atoms with Crippen molar-refractivity contribution in [2.75, 3.05) is 16.2 Å². The molecular weight excluding hydrogens is 519 g/mol. The standard InChI is InChI=1S/C27H20Cl2N2O4S/c28-20-7-10-23(11-8-20)36(33,34)31-15-14-18-16-19(6-12-25(18)31)27(32)30-24-17-21(29)9-13-26(24)35-22-4-2-1-3-5-22/h1-13,16-17H,14-15H2,(H,30,32). The number of anilines is 2. The molecule has 1 aliphatic rings. The molecule has 1 amide bonds. The van der Waals surface area contributed by atoms with Crippen LogP contribution in [-0.2, 0) is 16.4 Å². The Labute approximate surface area is 219 Å². The number of para-hydroxylation sites is 1. The highest BCUT2D eigenvalue weighted by Gasteiger charge is 2.31. The molecule has 0 radical (unpaired) electrons. The maximum atomic E-state index is 13.2. The Hall–Kier alpha value is -3.52. The monoisotopic (exact) mass is 538 g/mol. The molecule has 36 heavy (non-hydrogen) atoms. The van der Waals surface area contributed by atoms with Crippen molar-refractivity contribution in [3.8, 4) is 11.5 Å². The van der Waals surface area contributed by atoms with Crippen LogP contribution in [0, 0.1) is 0 Å². The van der Waals surface area contributed by atoms with Gasteiger partial charge in [-0.05, 0) is 84.8 Å². The molecule has 0 bridgehead atoms. The normalized spacial score (nSPS) is 12.8. The maximum Gasteiger partial charge on any atom is 0.264 e. The van der Waals surface area contributed by atoms with Gasteiger partial charge in [0.15, 0.2) is 5.75 Å². The first-order valence-corrected chi connectivity index (χ1v) is 13.3. The molecule has 0 unspecified atom stereocenters. The molecule has 0 atom stereocenters. The van der Waals surface area contributed by atoms with Crippen LogP contribution >= 0.6 is 23.2 Å². The number of nitrogens with zero attached hydrogens (tertiary/aromatic N) is 1. The number of amides is 1. The van der Waals surface area contributed by atoms with Gasteiger partial charge in [-0.3, -0.25) is 9.10 Å². The van der Waals surface area contributed by atoms with Crippen molar-refractivity contribution in [2.45, 2.75) is 11.3 Å². The van der Waals surface area contributed by atoms with Crippen LogP contribution in [0.3, 0.4) is 0 Å². The summed E-state index contributed by atoms with van der Waals surface area (Å²) < 4.78 is 33.6. The van der Waals surface area contributed by atoms with Crippen LogP contribution in [0.15, 0.2) is 95.9 Å². The first-order chi connectivity index (χ1) is 17.3. The Morgan fingerprint density at radius 3 is 2.33 bits per heavy atom. The van der Waals surface area contributed by atoms with Crippen molar-refractivity contribution in [1.82, 2.24) is 0 Å². The number of hydrogen-bond donors (Lipinski definition) is 1. The number of nitrogens with one attached hydrogen (secondary N) is 1. The number of hydrogen-bond acceptors (Lipinski definition) is 4. The van der Waals surface area contributed by atoms with Crippen LogP contribution in [0.4, 0.5) is 11.4 Å². The van der Waals surface area contributed by atoms with E-state index in [4.69, 9.17) is 27.9 Å². The Kier molecular flexibility index (Phi) is 6.62. The molecule has 4 aromatic carbocycles. The van der Waals surface area contributed by atoms with E-state index in [1.165, 1.54) is 16.4 Å². The van der Waals surface area contributed by atoms with Gasteiger partial charge in [0, 0.05) is 22.2 Å². The molecule has 0 fully saturated rings.